The zero-order valence-electron chi connectivity index (χ0n) is 13.5. The highest BCUT2D eigenvalue weighted by molar-refractivity contribution is 5.95. The Bertz CT molecular complexity index is 496. The molecule has 5 nitrogen and oxygen atoms in total. The van der Waals surface area contributed by atoms with Crippen LogP contribution in [0.1, 0.15) is 75.5 Å². The smallest absolute Gasteiger partial charge is 0.254 e. The summed E-state index contributed by atoms with van der Waals surface area (Å²) in [6.45, 7) is 8.15. The normalized spacial score (nSPS) is 25.0. The van der Waals surface area contributed by atoms with E-state index in [2.05, 4.69) is 31.2 Å². The molecule has 5 heteroatoms. The van der Waals surface area contributed by atoms with Crippen LogP contribution in [0.25, 0.3) is 0 Å². The number of nitrogens with one attached hydrogen (secondary N) is 1. The summed E-state index contributed by atoms with van der Waals surface area (Å²) in [5.74, 6) is -0.0652. The summed E-state index contributed by atoms with van der Waals surface area (Å²) in [4.78, 5) is 12.4. The van der Waals surface area contributed by atoms with E-state index < -0.39 is 5.60 Å². The monoisotopic (exact) mass is 293 g/mol. The quantitative estimate of drug-likeness (QED) is 0.846. The minimum atomic E-state index is -0.620. The molecule has 0 atom stereocenters. The third-order valence-electron chi connectivity index (χ3n) is 4.47. The number of carbonyl (C=O) groups excluding carboxylic acids is 1. The van der Waals surface area contributed by atoms with Gasteiger partial charge >= 0.3 is 0 Å². The van der Waals surface area contributed by atoms with Crippen molar-refractivity contribution >= 4 is 5.91 Å². The molecule has 0 aromatic carbocycles. The van der Waals surface area contributed by atoms with Crippen LogP contribution in [-0.2, 0) is 6.42 Å². The van der Waals surface area contributed by atoms with E-state index in [9.17, 15) is 9.90 Å². The van der Waals surface area contributed by atoms with Crippen molar-refractivity contribution in [3.8, 4) is 0 Å². The van der Waals surface area contributed by atoms with Crippen molar-refractivity contribution in [2.45, 2.75) is 77.5 Å². The van der Waals surface area contributed by atoms with Crippen LogP contribution in [0.15, 0.2) is 6.20 Å². The largest absolute Gasteiger partial charge is 0.390 e. The van der Waals surface area contributed by atoms with Crippen LogP contribution in [0.4, 0.5) is 0 Å². The Balaban J connectivity index is 2.11. The fourth-order valence-corrected chi connectivity index (χ4v) is 3.25. The minimum Gasteiger partial charge on any atom is -0.390 e. The van der Waals surface area contributed by atoms with E-state index in [1.165, 1.54) is 0 Å². The van der Waals surface area contributed by atoms with E-state index >= 15 is 0 Å². The van der Waals surface area contributed by atoms with Crippen LogP contribution in [0.2, 0.25) is 0 Å². The van der Waals surface area contributed by atoms with Crippen molar-refractivity contribution < 1.29 is 9.90 Å². The van der Waals surface area contributed by atoms with Crippen LogP contribution in [0, 0.1) is 0 Å². The summed E-state index contributed by atoms with van der Waals surface area (Å²) in [6, 6.07) is 0.430. The second-order valence-corrected chi connectivity index (χ2v) is 6.35. The summed E-state index contributed by atoms with van der Waals surface area (Å²) in [5, 5.41) is 17.2. The molecule has 1 aromatic rings. The Kier molecular flexibility index (Phi) is 4.71. The van der Waals surface area contributed by atoms with Crippen molar-refractivity contribution in [2.24, 2.45) is 0 Å². The number of rotatable bonds is 6. The summed E-state index contributed by atoms with van der Waals surface area (Å²) in [7, 11) is 0. The maximum atomic E-state index is 12.4. The number of amides is 1. The summed E-state index contributed by atoms with van der Waals surface area (Å²) >= 11 is 0. The van der Waals surface area contributed by atoms with Crippen molar-refractivity contribution in [2.75, 3.05) is 0 Å². The zero-order valence-corrected chi connectivity index (χ0v) is 13.5. The highest BCUT2D eigenvalue weighted by atomic mass is 16.3. The molecule has 0 unspecified atom stereocenters. The number of nitrogens with zero attached hydrogens (tertiary/aromatic N) is 2. The van der Waals surface area contributed by atoms with Crippen molar-refractivity contribution in [3.63, 3.8) is 0 Å². The molecule has 0 aliphatic heterocycles. The van der Waals surface area contributed by atoms with Gasteiger partial charge in [0.25, 0.3) is 5.91 Å². The SMILES string of the molecule is CCc1c(C(=O)NC2CC(C)(O)C2)cnn1C(CC)CC. The Labute approximate surface area is 126 Å². The molecular formula is C16H27N3O2. The second kappa shape index (κ2) is 6.18. The number of aromatic nitrogens is 2. The van der Waals surface area contributed by atoms with Gasteiger partial charge in [-0.25, -0.2) is 0 Å². The van der Waals surface area contributed by atoms with E-state index in [4.69, 9.17) is 0 Å². The average Bonchev–Trinajstić information content (AvgIpc) is 2.82. The molecular weight excluding hydrogens is 266 g/mol. The van der Waals surface area contributed by atoms with Gasteiger partial charge < -0.3 is 10.4 Å². The Morgan fingerprint density at radius 3 is 2.57 bits per heavy atom. The predicted molar refractivity (Wildman–Crippen MR) is 82.3 cm³/mol. The third kappa shape index (κ3) is 3.28. The van der Waals surface area contributed by atoms with E-state index in [0.29, 0.717) is 24.4 Å². The van der Waals surface area contributed by atoms with Gasteiger partial charge in [-0.15, -0.1) is 0 Å². The maximum Gasteiger partial charge on any atom is 0.254 e. The van der Waals surface area contributed by atoms with Gasteiger partial charge in [-0.3, -0.25) is 9.48 Å². The molecule has 1 aromatic heterocycles. The lowest BCUT2D eigenvalue weighted by atomic mass is 9.77. The molecule has 21 heavy (non-hydrogen) atoms. The Morgan fingerprint density at radius 2 is 2.10 bits per heavy atom. The minimum absolute atomic E-state index is 0.0652. The van der Waals surface area contributed by atoms with E-state index in [1.807, 2.05) is 4.68 Å². The first kappa shape index (κ1) is 16.0. The first-order valence-corrected chi connectivity index (χ1v) is 8.01. The summed E-state index contributed by atoms with van der Waals surface area (Å²) < 4.78 is 2.01. The molecule has 1 aliphatic carbocycles. The fourth-order valence-electron chi connectivity index (χ4n) is 3.25. The first-order chi connectivity index (χ1) is 9.91. The molecule has 2 N–H and O–H groups in total. The average molecular weight is 293 g/mol. The van der Waals surface area contributed by atoms with Crippen LogP contribution in [-0.4, -0.2) is 32.4 Å². The van der Waals surface area contributed by atoms with E-state index in [-0.39, 0.29) is 11.9 Å². The fraction of sp³-hybridized carbons (Fsp3) is 0.750. The standard InChI is InChI=1S/C16H27N3O2/c1-5-12(6-2)19-14(7-3)13(10-17-19)15(20)18-11-8-16(4,21)9-11/h10-12,21H,5-9H2,1-4H3,(H,18,20). The molecule has 0 radical (unpaired) electrons. The van der Waals surface area contributed by atoms with Crippen LogP contribution in [0.3, 0.4) is 0 Å². The van der Waals surface area contributed by atoms with Gasteiger partial charge in [0.15, 0.2) is 0 Å². The predicted octanol–water partition coefficient (Wildman–Crippen LogP) is 2.45. The highest BCUT2D eigenvalue weighted by Crippen LogP contribution is 2.31. The second-order valence-electron chi connectivity index (χ2n) is 6.35. The van der Waals surface area contributed by atoms with Gasteiger partial charge in [-0.05, 0) is 39.0 Å². The molecule has 1 aliphatic rings. The molecule has 118 valence electrons. The number of carbonyl (C=O) groups is 1. The first-order valence-electron chi connectivity index (χ1n) is 8.01. The van der Waals surface area contributed by atoms with E-state index in [1.54, 1.807) is 13.1 Å². The van der Waals surface area contributed by atoms with Crippen LogP contribution < -0.4 is 5.32 Å². The van der Waals surface area contributed by atoms with Gasteiger partial charge in [0.2, 0.25) is 0 Å². The van der Waals surface area contributed by atoms with E-state index in [0.717, 1.165) is 25.0 Å². The van der Waals surface area contributed by atoms with Gasteiger partial charge in [0.1, 0.15) is 0 Å². The van der Waals surface area contributed by atoms with Crippen LogP contribution in [0.5, 0.6) is 0 Å². The van der Waals surface area contributed by atoms with Gasteiger partial charge in [-0.1, -0.05) is 20.8 Å². The third-order valence-corrected chi connectivity index (χ3v) is 4.47. The highest BCUT2D eigenvalue weighted by Gasteiger charge is 2.39. The van der Waals surface area contributed by atoms with Gasteiger partial charge in [0, 0.05) is 6.04 Å². The molecule has 1 heterocycles. The zero-order chi connectivity index (χ0) is 15.6. The topological polar surface area (TPSA) is 67.2 Å². The molecule has 0 spiro atoms. The van der Waals surface area contributed by atoms with Crippen molar-refractivity contribution in [1.29, 1.82) is 0 Å². The molecule has 1 fully saturated rings. The molecule has 2 rings (SSSR count). The number of aliphatic hydroxyl groups is 1. The van der Waals surface area contributed by atoms with Crippen molar-refractivity contribution in [3.05, 3.63) is 17.5 Å². The lowest BCUT2D eigenvalue weighted by molar-refractivity contribution is -0.0366. The summed E-state index contributed by atoms with van der Waals surface area (Å²) in [5.41, 5.74) is 1.06. The maximum absolute atomic E-state index is 12.4. The van der Waals surface area contributed by atoms with Gasteiger partial charge in [-0.2, -0.15) is 5.10 Å². The molecule has 0 bridgehead atoms. The molecule has 1 saturated carbocycles. The number of hydrogen-bond acceptors (Lipinski definition) is 3. The summed E-state index contributed by atoms with van der Waals surface area (Å²) in [6.07, 6.45) is 5.75. The lowest BCUT2D eigenvalue weighted by Gasteiger charge is -2.41. The Hall–Kier alpha value is -1.36. The number of hydrogen-bond donors (Lipinski definition) is 2. The van der Waals surface area contributed by atoms with Gasteiger partial charge in [0.05, 0.1) is 29.1 Å². The van der Waals surface area contributed by atoms with Crippen molar-refractivity contribution in [1.82, 2.24) is 15.1 Å². The lowest BCUT2D eigenvalue weighted by Crippen LogP contribution is -2.53. The molecule has 0 saturated heterocycles. The van der Waals surface area contributed by atoms with Crippen LogP contribution >= 0.6 is 0 Å². The molecule has 1 amide bonds. The Morgan fingerprint density at radius 1 is 1.48 bits per heavy atom.